The van der Waals surface area contributed by atoms with Crippen molar-refractivity contribution in [1.29, 1.82) is 0 Å². The van der Waals surface area contributed by atoms with E-state index >= 15 is 0 Å². The highest BCUT2D eigenvalue weighted by Crippen LogP contribution is 2.35. The van der Waals surface area contributed by atoms with E-state index in [1.54, 1.807) is 0 Å². The third-order valence-electron chi connectivity index (χ3n) is 3.07. The minimum absolute atomic E-state index is 0.411. The van der Waals surface area contributed by atoms with E-state index in [2.05, 4.69) is 79.0 Å². The molecule has 0 amide bonds. The fourth-order valence-corrected chi connectivity index (χ4v) is 6.16. The van der Waals surface area contributed by atoms with E-state index in [0.29, 0.717) is 0 Å². The first-order valence-electron chi connectivity index (χ1n) is 6.30. The van der Waals surface area contributed by atoms with E-state index in [1.807, 2.05) is 11.3 Å². The Hall–Kier alpha value is -1.43. The van der Waals surface area contributed by atoms with Gasteiger partial charge in [-0.15, -0.1) is 11.3 Å². The van der Waals surface area contributed by atoms with Crippen LogP contribution in [0.2, 0.25) is 0 Å². The molecule has 0 N–H and O–H groups in total. The molecular formula is C17H15PS. The van der Waals surface area contributed by atoms with E-state index in [0.717, 1.165) is 0 Å². The zero-order chi connectivity index (χ0) is 13.1. The summed E-state index contributed by atoms with van der Waals surface area (Å²) in [5.74, 6) is 0. The Bertz CT molecular complexity index is 604. The molecule has 0 nitrogen and oxygen atoms in total. The molecule has 0 aliphatic rings. The summed E-state index contributed by atoms with van der Waals surface area (Å²) < 4.78 is 1.51. The van der Waals surface area contributed by atoms with E-state index in [9.17, 15) is 0 Å². The number of thiophene rings is 1. The highest BCUT2D eigenvalue weighted by Gasteiger charge is 2.18. The van der Waals surface area contributed by atoms with Gasteiger partial charge in [0, 0.05) is 4.62 Å². The lowest BCUT2D eigenvalue weighted by Crippen LogP contribution is -2.19. The molecule has 19 heavy (non-hydrogen) atoms. The molecule has 3 rings (SSSR count). The van der Waals surface area contributed by atoms with Gasteiger partial charge in [0.15, 0.2) is 0 Å². The Morgan fingerprint density at radius 3 is 1.68 bits per heavy atom. The van der Waals surface area contributed by atoms with Crippen LogP contribution in [0.4, 0.5) is 0 Å². The number of hydrogen-bond acceptors (Lipinski definition) is 1. The maximum Gasteiger partial charge on any atom is 0.0397 e. The average Bonchev–Trinajstić information content (AvgIpc) is 2.88. The van der Waals surface area contributed by atoms with Gasteiger partial charge in [-0.1, -0.05) is 60.7 Å². The molecule has 0 spiro atoms. The molecule has 94 valence electrons. The van der Waals surface area contributed by atoms with Crippen LogP contribution in [0.25, 0.3) is 0 Å². The molecule has 0 unspecified atom stereocenters. The standard InChI is InChI=1S/C17H15PS/c1-14-12-13-19-17(14)18(15-8-4-2-5-9-15)16-10-6-3-7-11-16/h2-13H,1H3. The van der Waals surface area contributed by atoms with Crippen molar-refractivity contribution in [2.24, 2.45) is 0 Å². The van der Waals surface area contributed by atoms with Crippen LogP contribution in [0.3, 0.4) is 0 Å². The van der Waals surface area contributed by atoms with Gasteiger partial charge < -0.3 is 0 Å². The third kappa shape index (κ3) is 2.63. The molecular weight excluding hydrogens is 267 g/mol. The molecule has 0 saturated carbocycles. The van der Waals surface area contributed by atoms with Crippen LogP contribution >= 0.6 is 19.3 Å². The summed E-state index contributed by atoms with van der Waals surface area (Å²) >= 11 is 1.88. The second kappa shape index (κ2) is 5.69. The molecule has 0 radical (unpaired) electrons. The molecule has 0 saturated heterocycles. The molecule has 0 aliphatic heterocycles. The van der Waals surface area contributed by atoms with Crippen molar-refractivity contribution >= 4 is 34.5 Å². The molecule has 0 atom stereocenters. The SMILES string of the molecule is Cc1ccsc1P(c1ccccc1)c1ccccc1. The van der Waals surface area contributed by atoms with Crippen molar-refractivity contribution in [3.63, 3.8) is 0 Å². The molecule has 1 aromatic heterocycles. The van der Waals surface area contributed by atoms with Crippen LogP contribution in [0.5, 0.6) is 0 Å². The second-order valence-corrected chi connectivity index (χ2v) is 7.78. The topological polar surface area (TPSA) is 0 Å². The van der Waals surface area contributed by atoms with Crippen molar-refractivity contribution in [2.45, 2.75) is 6.92 Å². The van der Waals surface area contributed by atoms with Crippen LogP contribution in [0.1, 0.15) is 5.56 Å². The predicted molar refractivity (Wildman–Crippen MR) is 87.8 cm³/mol. The largest absolute Gasteiger partial charge is 0.143 e. The smallest absolute Gasteiger partial charge is 0.0397 e. The first kappa shape index (κ1) is 12.6. The fourth-order valence-electron chi connectivity index (χ4n) is 2.13. The Morgan fingerprint density at radius 2 is 1.26 bits per heavy atom. The lowest BCUT2D eigenvalue weighted by atomic mass is 10.4. The maximum absolute atomic E-state index is 2.25. The van der Waals surface area contributed by atoms with Gasteiger partial charge in [-0.3, -0.25) is 0 Å². The van der Waals surface area contributed by atoms with Crippen molar-refractivity contribution in [3.8, 4) is 0 Å². The summed E-state index contributed by atoms with van der Waals surface area (Å²) in [6.07, 6.45) is 0. The van der Waals surface area contributed by atoms with Gasteiger partial charge in [0.05, 0.1) is 0 Å². The second-order valence-electron chi connectivity index (χ2n) is 4.42. The first-order valence-corrected chi connectivity index (χ1v) is 8.53. The zero-order valence-electron chi connectivity index (χ0n) is 10.8. The van der Waals surface area contributed by atoms with Gasteiger partial charge in [0.1, 0.15) is 0 Å². The van der Waals surface area contributed by atoms with Crippen LogP contribution in [-0.2, 0) is 0 Å². The number of hydrogen-bond donors (Lipinski definition) is 0. The Morgan fingerprint density at radius 1 is 0.737 bits per heavy atom. The summed E-state index contributed by atoms with van der Waals surface area (Å²) in [5, 5.41) is 5.05. The summed E-state index contributed by atoms with van der Waals surface area (Å²) in [5.41, 5.74) is 1.41. The Labute approximate surface area is 119 Å². The van der Waals surface area contributed by atoms with Crippen molar-refractivity contribution < 1.29 is 0 Å². The van der Waals surface area contributed by atoms with Gasteiger partial charge in [-0.25, -0.2) is 0 Å². The van der Waals surface area contributed by atoms with Crippen LogP contribution in [0.15, 0.2) is 72.1 Å². The van der Waals surface area contributed by atoms with E-state index < -0.39 is 7.92 Å². The van der Waals surface area contributed by atoms with Gasteiger partial charge in [-0.2, -0.15) is 0 Å². The molecule has 0 bridgehead atoms. The minimum atomic E-state index is -0.411. The highest BCUT2D eigenvalue weighted by atomic mass is 32.1. The van der Waals surface area contributed by atoms with Crippen LogP contribution < -0.4 is 15.2 Å². The van der Waals surface area contributed by atoms with Gasteiger partial charge in [0.25, 0.3) is 0 Å². The summed E-state index contributed by atoms with van der Waals surface area (Å²) in [7, 11) is -0.411. The zero-order valence-corrected chi connectivity index (χ0v) is 12.5. The van der Waals surface area contributed by atoms with Crippen molar-refractivity contribution in [3.05, 3.63) is 77.7 Å². The number of benzene rings is 2. The molecule has 1 heterocycles. The van der Waals surface area contributed by atoms with Crippen LogP contribution in [-0.4, -0.2) is 0 Å². The third-order valence-corrected chi connectivity index (χ3v) is 7.14. The number of rotatable bonds is 3. The van der Waals surface area contributed by atoms with E-state index in [1.165, 1.54) is 20.8 Å². The van der Waals surface area contributed by atoms with E-state index in [-0.39, 0.29) is 0 Å². The van der Waals surface area contributed by atoms with Gasteiger partial charge in [0.2, 0.25) is 0 Å². The summed E-state index contributed by atoms with van der Waals surface area (Å²) in [4.78, 5) is 0. The average molecular weight is 282 g/mol. The lowest BCUT2D eigenvalue weighted by Gasteiger charge is -2.18. The van der Waals surface area contributed by atoms with Gasteiger partial charge >= 0.3 is 0 Å². The first-order chi connectivity index (χ1) is 9.36. The fraction of sp³-hybridized carbons (Fsp3) is 0.0588. The number of aryl methyl sites for hydroxylation is 1. The summed E-state index contributed by atoms with van der Waals surface area (Å²) in [6, 6.07) is 23.9. The van der Waals surface area contributed by atoms with E-state index in [4.69, 9.17) is 0 Å². The highest BCUT2D eigenvalue weighted by molar-refractivity contribution is 7.84. The minimum Gasteiger partial charge on any atom is -0.143 e. The molecule has 0 aliphatic carbocycles. The maximum atomic E-state index is 2.25. The Balaban J connectivity index is 2.15. The Kier molecular flexibility index (Phi) is 3.77. The normalized spacial score (nSPS) is 10.8. The van der Waals surface area contributed by atoms with Crippen molar-refractivity contribution in [2.75, 3.05) is 0 Å². The van der Waals surface area contributed by atoms with Gasteiger partial charge in [-0.05, 0) is 42.5 Å². The van der Waals surface area contributed by atoms with Crippen LogP contribution in [0, 0.1) is 6.92 Å². The predicted octanol–water partition coefficient (Wildman–Crippen LogP) is 3.81. The lowest BCUT2D eigenvalue weighted by molar-refractivity contribution is 1.59. The van der Waals surface area contributed by atoms with Crippen molar-refractivity contribution in [1.82, 2.24) is 0 Å². The molecule has 2 aromatic carbocycles. The quantitative estimate of drug-likeness (QED) is 0.641. The molecule has 0 fully saturated rings. The monoisotopic (exact) mass is 282 g/mol. The molecule has 2 heteroatoms. The summed E-state index contributed by atoms with van der Waals surface area (Å²) in [6.45, 7) is 2.22. The molecule has 3 aromatic rings.